The van der Waals surface area contributed by atoms with Gasteiger partial charge in [-0.2, -0.15) is 5.26 Å². The molecule has 0 radical (unpaired) electrons. The Labute approximate surface area is 63.7 Å². The number of nitrogens with zero attached hydrogens (tertiary/aromatic N) is 1. The minimum absolute atomic E-state index is 1.05. The highest BCUT2D eigenvalue weighted by Crippen LogP contribution is 2.01. The van der Waals surface area contributed by atoms with E-state index in [1.807, 2.05) is 12.1 Å². The van der Waals surface area contributed by atoms with Gasteiger partial charge in [-0.25, -0.2) is 0 Å². The van der Waals surface area contributed by atoms with Crippen molar-refractivity contribution < 1.29 is 0 Å². The highest BCUT2D eigenvalue weighted by molar-refractivity contribution is 6.80. The molecular weight excluding hydrogens is 138 g/mol. The van der Waals surface area contributed by atoms with Crippen LogP contribution in [-0.2, 0) is 0 Å². The summed E-state index contributed by atoms with van der Waals surface area (Å²) in [5.41, 5.74) is 2.20. The highest BCUT2D eigenvalue weighted by atomic mass is 28.3. The van der Waals surface area contributed by atoms with E-state index in [1.54, 1.807) is 6.08 Å². The molecule has 0 heterocycles. The lowest BCUT2D eigenvalue weighted by Gasteiger charge is -2.06. The lowest BCUT2D eigenvalue weighted by Crippen LogP contribution is -2.14. The molecule has 0 aliphatic rings. The minimum Gasteiger partial charge on any atom is -0.193 e. The zero-order chi connectivity index (χ0) is 8.04. The monoisotopic (exact) mass is 151 g/mol. The standard InChI is InChI=1S/C8H13NSi/c1-10(2,3)8-6-4-5-7-9/h4-6,8H,1-3H3/b5-4+,8-6+. The molecule has 0 fully saturated rings. The zero-order valence-corrected chi connectivity index (χ0v) is 7.76. The van der Waals surface area contributed by atoms with E-state index in [9.17, 15) is 0 Å². The topological polar surface area (TPSA) is 23.8 Å². The quantitative estimate of drug-likeness (QED) is 0.338. The van der Waals surface area contributed by atoms with Gasteiger partial charge in [-0.1, -0.05) is 37.5 Å². The summed E-state index contributed by atoms with van der Waals surface area (Å²) >= 11 is 0. The maximum Gasteiger partial charge on any atom is 0.0912 e. The third-order valence-corrected chi connectivity index (χ3v) is 2.07. The van der Waals surface area contributed by atoms with Crippen molar-refractivity contribution in [2.75, 3.05) is 0 Å². The number of allylic oxidation sites excluding steroid dienone is 3. The summed E-state index contributed by atoms with van der Waals surface area (Å²) < 4.78 is 0. The van der Waals surface area contributed by atoms with Gasteiger partial charge in [-0.05, 0) is 0 Å². The lowest BCUT2D eigenvalue weighted by molar-refractivity contribution is 1.53. The maximum absolute atomic E-state index is 8.14. The predicted molar refractivity (Wildman–Crippen MR) is 47.2 cm³/mol. The van der Waals surface area contributed by atoms with Crippen molar-refractivity contribution >= 4 is 8.07 Å². The Kier molecular flexibility index (Phi) is 3.74. The Morgan fingerprint density at radius 3 is 2.20 bits per heavy atom. The van der Waals surface area contributed by atoms with Crippen molar-refractivity contribution in [3.63, 3.8) is 0 Å². The van der Waals surface area contributed by atoms with Gasteiger partial charge in [0.05, 0.1) is 14.1 Å². The first-order chi connectivity index (χ1) is 4.56. The third-order valence-electron chi connectivity index (χ3n) is 0.878. The number of nitriles is 1. The summed E-state index contributed by atoms with van der Waals surface area (Å²) in [6, 6.07) is 1.94. The van der Waals surface area contributed by atoms with Gasteiger partial charge in [0.1, 0.15) is 0 Å². The van der Waals surface area contributed by atoms with E-state index in [2.05, 4.69) is 25.3 Å². The van der Waals surface area contributed by atoms with Crippen molar-refractivity contribution in [3.8, 4) is 6.07 Å². The van der Waals surface area contributed by atoms with Crippen molar-refractivity contribution in [1.29, 1.82) is 5.26 Å². The van der Waals surface area contributed by atoms with Crippen LogP contribution in [-0.4, -0.2) is 8.07 Å². The van der Waals surface area contributed by atoms with Crippen molar-refractivity contribution in [2.45, 2.75) is 19.6 Å². The van der Waals surface area contributed by atoms with Crippen LogP contribution in [0.4, 0.5) is 0 Å². The van der Waals surface area contributed by atoms with Crippen molar-refractivity contribution in [1.82, 2.24) is 0 Å². The van der Waals surface area contributed by atoms with E-state index in [1.165, 1.54) is 6.08 Å². The fraction of sp³-hybridized carbons (Fsp3) is 0.375. The zero-order valence-electron chi connectivity index (χ0n) is 6.76. The largest absolute Gasteiger partial charge is 0.193 e. The molecule has 0 aromatic rings. The van der Waals surface area contributed by atoms with Gasteiger partial charge in [0.25, 0.3) is 0 Å². The van der Waals surface area contributed by atoms with Gasteiger partial charge in [0.15, 0.2) is 0 Å². The van der Waals surface area contributed by atoms with Crippen LogP contribution in [0.2, 0.25) is 19.6 Å². The van der Waals surface area contributed by atoms with Gasteiger partial charge in [0, 0.05) is 6.08 Å². The Hall–Kier alpha value is -0.813. The second-order valence-electron chi connectivity index (χ2n) is 3.21. The van der Waals surface area contributed by atoms with Crippen LogP contribution >= 0.6 is 0 Å². The van der Waals surface area contributed by atoms with Crippen molar-refractivity contribution in [3.05, 3.63) is 23.9 Å². The average Bonchev–Trinajstić information content (AvgIpc) is 1.78. The first kappa shape index (κ1) is 9.19. The molecule has 0 amide bonds. The summed E-state index contributed by atoms with van der Waals surface area (Å²) in [6.07, 6.45) is 5.21. The molecule has 0 aromatic carbocycles. The smallest absolute Gasteiger partial charge is 0.0912 e. The number of hydrogen-bond donors (Lipinski definition) is 0. The van der Waals surface area contributed by atoms with Crippen LogP contribution in [0.3, 0.4) is 0 Å². The fourth-order valence-electron chi connectivity index (χ4n) is 0.443. The molecule has 0 saturated heterocycles. The fourth-order valence-corrected chi connectivity index (χ4v) is 1.13. The van der Waals surface area contributed by atoms with Gasteiger partial charge in [0.2, 0.25) is 0 Å². The third kappa shape index (κ3) is 7.19. The van der Waals surface area contributed by atoms with E-state index < -0.39 is 8.07 Å². The van der Waals surface area contributed by atoms with Gasteiger partial charge in [-0.3, -0.25) is 0 Å². The molecule has 0 N–H and O–H groups in total. The van der Waals surface area contributed by atoms with E-state index in [4.69, 9.17) is 5.26 Å². The Morgan fingerprint density at radius 2 is 1.80 bits per heavy atom. The predicted octanol–water partition coefficient (Wildman–Crippen LogP) is 2.50. The summed E-state index contributed by atoms with van der Waals surface area (Å²) in [4.78, 5) is 0. The average molecular weight is 151 g/mol. The Morgan fingerprint density at radius 1 is 1.20 bits per heavy atom. The number of rotatable bonds is 2. The van der Waals surface area contributed by atoms with E-state index >= 15 is 0 Å². The first-order valence-corrected chi connectivity index (χ1v) is 6.88. The second kappa shape index (κ2) is 4.07. The van der Waals surface area contributed by atoms with Gasteiger partial charge < -0.3 is 0 Å². The molecule has 54 valence electrons. The van der Waals surface area contributed by atoms with E-state index in [0.717, 1.165) is 0 Å². The highest BCUT2D eigenvalue weighted by Gasteiger charge is 2.05. The molecule has 0 spiro atoms. The molecule has 0 aromatic heterocycles. The molecule has 0 aliphatic carbocycles. The van der Waals surface area contributed by atoms with E-state index in [0.29, 0.717) is 0 Å². The Balaban J connectivity index is 3.81. The maximum atomic E-state index is 8.14. The lowest BCUT2D eigenvalue weighted by atomic mass is 10.5. The molecule has 1 nitrogen and oxygen atoms in total. The first-order valence-electron chi connectivity index (χ1n) is 3.30. The van der Waals surface area contributed by atoms with Gasteiger partial charge >= 0.3 is 0 Å². The Bertz CT molecular complexity index is 178. The summed E-state index contributed by atoms with van der Waals surface area (Å²) in [5, 5.41) is 8.14. The second-order valence-corrected chi connectivity index (χ2v) is 8.28. The van der Waals surface area contributed by atoms with Crippen LogP contribution in [0.5, 0.6) is 0 Å². The molecule has 0 saturated carbocycles. The van der Waals surface area contributed by atoms with Crippen LogP contribution in [0.15, 0.2) is 23.9 Å². The van der Waals surface area contributed by atoms with E-state index in [-0.39, 0.29) is 0 Å². The molecule has 0 aliphatic heterocycles. The molecule has 0 bridgehead atoms. The summed E-state index contributed by atoms with van der Waals surface area (Å²) in [5.74, 6) is 0. The van der Waals surface area contributed by atoms with Crippen molar-refractivity contribution in [2.24, 2.45) is 0 Å². The van der Waals surface area contributed by atoms with Gasteiger partial charge in [-0.15, -0.1) is 0 Å². The number of hydrogen-bond acceptors (Lipinski definition) is 1. The molecule has 0 unspecified atom stereocenters. The van der Waals surface area contributed by atoms with Crippen LogP contribution in [0, 0.1) is 11.3 Å². The van der Waals surface area contributed by atoms with Crippen LogP contribution < -0.4 is 0 Å². The summed E-state index contributed by atoms with van der Waals surface area (Å²) in [7, 11) is -1.05. The van der Waals surface area contributed by atoms with Crippen LogP contribution in [0.1, 0.15) is 0 Å². The summed E-state index contributed by atoms with van der Waals surface area (Å²) in [6.45, 7) is 6.76. The van der Waals surface area contributed by atoms with Crippen LogP contribution in [0.25, 0.3) is 0 Å². The molecule has 10 heavy (non-hydrogen) atoms. The molecule has 0 atom stereocenters. The molecule has 2 heteroatoms. The molecular formula is C8H13NSi. The molecule has 0 rings (SSSR count). The normalized spacial score (nSPS) is 12.6. The minimum atomic E-state index is -1.05. The SMILES string of the molecule is C[Si](C)(C)/C=C/C=C/C#N.